The molecule has 0 spiro atoms. The second-order valence-electron chi connectivity index (χ2n) is 10.4. The van der Waals surface area contributed by atoms with Crippen LogP contribution in [0.4, 0.5) is 5.82 Å². The number of hydrogen-bond acceptors (Lipinski definition) is 6. The van der Waals surface area contributed by atoms with Gasteiger partial charge in [0.1, 0.15) is 6.61 Å². The molecule has 6 nitrogen and oxygen atoms in total. The van der Waals surface area contributed by atoms with Crippen molar-refractivity contribution in [2.24, 2.45) is 5.92 Å². The number of fused-ring (bicyclic) bond motifs is 1. The van der Waals surface area contributed by atoms with E-state index in [0.29, 0.717) is 24.4 Å². The molecule has 1 aliphatic heterocycles. The predicted octanol–water partition coefficient (Wildman–Crippen LogP) is 5.83. The fourth-order valence-electron chi connectivity index (χ4n) is 5.19. The van der Waals surface area contributed by atoms with Crippen LogP contribution in [0, 0.1) is 5.92 Å². The fourth-order valence-corrected chi connectivity index (χ4v) is 5.19. The molecule has 36 heavy (non-hydrogen) atoms. The molecule has 0 amide bonds. The lowest BCUT2D eigenvalue weighted by Crippen LogP contribution is -2.59. The second-order valence-corrected chi connectivity index (χ2v) is 10.4. The third kappa shape index (κ3) is 4.65. The number of aromatic nitrogens is 3. The molecule has 1 saturated heterocycles. The highest BCUT2D eigenvalue weighted by molar-refractivity contribution is 5.90. The van der Waals surface area contributed by atoms with Gasteiger partial charge in [-0.3, -0.25) is 0 Å². The van der Waals surface area contributed by atoms with Gasteiger partial charge in [0, 0.05) is 42.3 Å². The number of anilines is 1. The average Bonchev–Trinajstić information content (AvgIpc) is 2.91. The molecule has 186 valence electrons. The highest BCUT2D eigenvalue weighted by Crippen LogP contribution is 2.36. The van der Waals surface area contributed by atoms with Gasteiger partial charge in [-0.05, 0) is 68.4 Å². The van der Waals surface area contributed by atoms with Crippen molar-refractivity contribution in [3.8, 4) is 17.1 Å². The van der Waals surface area contributed by atoms with Crippen molar-refractivity contribution >= 4 is 16.6 Å². The summed E-state index contributed by atoms with van der Waals surface area (Å²) in [7, 11) is 4.36. The number of ether oxygens (including phenoxy) is 1. The predicted molar refractivity (Wildman–Crippen MR) is 146 cm³/mol. The molecule has 0 radical (unpaired) electrons. The molecule has 4 aromatic rings. The van der Waals surface area contributed by atoms with Crippen molar-refractivity contribution in [2.45, 2.75) is 45.4 Å². The summed E-state index contributed by atoms with van der Waals surface area (Å²) in [5, 5.41) is 11.3. The minimum Gasteiger partial charge on any atom is -0.472 e. The number of benzene rings is 2. The SMILES string of the molecule is CC1C(N(C)c2ccc(-c3ccc4ccnc(OCc5ccccc5)c4c3)nn2)CCN(C)C1(C)C. The van der Waals surface area contributed by atoms with E-state index >= 15 is 0 Å². The molecule has 0 bridgehead atoms. The normalized spacial score (nSPS) is 19.8. The Hall–Kier alpha value is -3.51. The largest absolute Gasteiger partial charge is 0.472 e. The molecular weight excluding hydrogens is 446 g/mol. The van der Waals surface area contributed by atoms with Crippen LogP contribution in [0.15, 0.2) is 72.9 Å². The Morgan fingerprint density at radius 3 is 2.58 bits per heavy atom. The van der Waals surface area contributed by atoms with Crippen molar-refractivity contribution in [1.82, 2.24) is 20.1 Å². The zero-order chi connectivity index (χ0) is 25.3. The van der Waals surface area contributed by atoms with Crippen molar-refractivity contribution in [3.05, 3.63) is 78.5 Å². The van der Waals surface area contributed by atoms with Crippen LogP contribution < -0.4 is 9.64 Å². The second kappa shape index (κ2) is 9.86. The Morgan fingerprint density at radius 2 is 1.83 bits per heavy atom. The Bertz CT molecular complexity index is 1320. The average molecular weight is 482 g/mol. The van der Waals surface area contributed by atoms with Gasteiger partial charge in [0.2, 0.25) is 5.88 Å². The summed E-state index contributed by atoms with van der Waals surface area (Å²) in [5.74, 6) is 2.04. The third-order valence-electron chi connectivity index (χ3n) is 8.19. The Morgan fingerprint density at radius 1 is 1.03 bits per heavy atom. The highest BCUT2D eigenvalue weighted by Gasteiger charge is 2.41. The molecule has 5 rings (SSSR count). The van der Waals surface area contributed by atoms with Crippen LogP contribution in [-0.4, -0.2) is 52.3 Å². The number of nitrogens with zero attached hydrogens (tertiary/aromatic N) is 5. The van der Waals surface area contributed by atoms with Gasteiger partial charge in [0.05, 0.1) is 5.69 Å². The molecule has 2 aromatic carbocycles. The van der Waals surface area contributed by atoms with Gasteiger partial charge in [-0.25, -0.2) is 4.98 Å². The summed E-state index contributed by atoms with van der Waals surface area (Å²) >= 11 is 0. The molecule has 2 unspecified atom stereocenters. The number of likely N-dealkylation sites (tertiary alicyclic amines) is 1. The van der Waals surface area contributed by atoms with Gasteiger partial charge in [-0.1, -0.05) is 49.4 Å². The smallest absolute Gasteiger partial charge is 0.221 e. The minimum absolute atomic E-state index is 0.143. The first-order chi connectivity index (χ1) is 17.3. The summed E-state index contributed by atoms with van der Waals surface area (Å²) in [6, 6.07) is 23.0. The Labute approximate surface area is 213 Å². The van der Waals surface area contributed by atoms with E-state index in [-0.39, 0.29) is 5.54 Å². The summed E-state index contributed by atoms with van der Waals surface area (Å²) < 4.78 is 6.09. The van der Waals surface area contributed by atoms with Crippen LogP contribution in [-0.2, 0) is 6.61 Å². The zero-order valence-electron chi connectivity index (χ0n) is 21.8. The molecule has 2 atom stereocenters. The lowest BCUT2D eigenvalue weighted by Gasteiger charge is -2.51. The van der Waals surface area contributed by atoms with Gasteiger partial charge < -0.3 is 14.5 Å². The van der Waals surface area contributed by atoms with E-state index in [1.807, 2.05) is 24.3 Å². The topological polar surface area (TPSA) is 54.4 Å². The molecule has 6 heteroatoms. The molecule has 0 N–H and O–H groups in total. The first-order valence-corrected chi connectivity index (χ1v) is 12.7. The standard InChI is InChI=1S/C30H35N5O/c1-21-27(16-18-34(4)30(21,2)3)35(5)28-14-13-26(32-33-28)24-12-11-23-15-17-31-29(25(23)19-24)36-20-22-9-7-6-8-10-22/h6-15,17,19,21,27H,16,18,20H2,1-5H3. The van der Waals surface area contributed by atoms with Gasteiger partial charge in [0.15, 0.2) is 5.82 Å². The Balaban J connectivity index is 1.37. The fraction of sp³-hybridized carbons (Fsp3) is 0.367. The first kappa shape index (κ1) is 24.2. The van der Waals surface area contributed by atoms with Crippen LogP contribution in [0.2, 0.25) is 0 Å². The zero-order valence-corrected chi connectivity index (χ0v) is 21.8. The summed E-state index contributed by atoms with van der Waals surface area (Å²) in [6.45, 7) is 8.57. The van der Waals surface area contributed by atoms with E-state index < -0.39 is 0 Å². The van der Waals surface area contributed by atoms with E-state index in [1.165, 1.54) is 0 Å². The van der Waals surface area contributed by atoms with Gasteiger partial charge >= 0.3 is 0 Å². The Kier molecular flexibility index (Phi) is 6.63. The van der Waals surface area contributed by atoms with Gasteiger partial charge in [-0.15, -0.1) is 10.2 Å². The minimum atomic E-state index is 0.143. The van der Waals surface area contributed by atoms with E-state index in [2.05, 4.69) is 102 Å². The van der Waals surface area contributed by atoms with Crippen LogP contribution in [0.3, 0.4) is 0 Å². The molecule has 2 aromatic heterocycles. The maximum Gasteiger partial charge on any atom is 0.221 e. The van der Waals surface area contributed by atoms with Crippen LogP contribution >= 0.6 is 0 Å². The molecule has 0 saturated carbocycles. The van der Waals surface area contributed by atoms with Gasteiger partial charge in [-0.2, -0.15) is 0 Å². The maximum absolute atomic E-state index is 6.09. The summed E-state index contributed by atoms with van der Waals surface area (Å²) in [6.07, 6.45) is 2.91. The van der Waals surface area contributed by atoms with Crippen LogP contribution in [0.25, 0.3) is 22.0 Å². The molecular formula is C30H35N5O. The van der Waals surface area contributed by atoms with Crippen LogP contribution in [0.1, 0.15) is 32.8 Å². The number of pyridine rings is 1. The number of piperidine rings is 1. The van der Waals surface area contributed by atoms with E-state index in [9.17, 15) is 0 Å². The lowest BCUT2D eigenvalue weighted by atomic mass is 9.77. The third-order valence-corrected chi connectivity index (χ3v) is 8.19. The summed E-state index contributed by atoms with van der Waals surface area (Å²) in [4.78, 5) is 9.26. The van der Waals surface area contributed by atoms with E-state index in [0.717, 1.165) is 46.4 Å². The molecule has 1 fully saturated rings. The van der Waals surface area contributed by atoms with Crippen molar-refractivity contribution in [2.75, 3.05) is 25.5 Å². The van der Waals surface area contributed by atoms with Crippen molar-refractivity contribution < 1.29 is 4.74 Å². The maximum atomic E-state index is 6.09. The monoisotopic (exact) mass is 481 g/mol. The highest BCUT2D eigenvalue weighted by atomic mass is 16.5. The van der Waals surface area contributed by atoms with Crippen LogP contribution in [0.5, 0.6) is 5.88 Å². The quantitative estimate of drug-likeness (QED) is 0.346. The van der Waals surface area contributed by atoms with E-state index in [1.54, 1.807) is 6.20 Å². The van der Waals surface area contributed by atoms with E-state index in [4.69, 9.17) is 4.74 Å². The molecule has 1 aliphatic rings. The molecule has 3 heterocycles. The van der Waals surface area contributed by atoms with Crippen molar-refractivity contribution in [3.63, 3.8) is 0 Å². The lowest BCUT2D eigenvalue weighted by molar-refractivity contribution is 0.0391. The molecule has 0 aliphatic carbocycles. The van der Waals surface area contributed by atoms with Crippen molar-refractivity contribution in [1.29, 1.82) is 0 Å². The number of rotatable bonds is 6. The van der Waals surface area contributed by atoms with Gasteiger partial charge in [0.25, 0.3) is 0 Å². The number of hydrogen-bond donors (Lipinski definition) is 0. The first-order valence-electron chi connectivity index (χ1n) is 12.7. The summed E-state index contributed by atoms with van der Waals surface area (Å²) in [5.41, 5.74) is 3.09.